The molecule has 0 unspecified atom stereocenters. The molecule has 1 aromatic rings. The van der Waals surface area contributed by atoms with Crippen LogP contribution in [0.25, 0.3) is 0 Å². The average molecular weight is 211 g/mol. The predicted octanol–water partition coefficient (Wildman–Crippen LogP) is 2.42. The molecule has 0 aliphatic rings. The van der Waals surface area contributed by atoms with E-state index in [9.17, 15) is 13.2 Å². The van der Waals surface area contributed by atoms with Crippen LogP contribution < -0.4 is 5.73 Å². The number of rotatable bonds is 1. The Kier molecular flexibility index (Phi) is 2.66. The van der Waals surface area contributed by atoms with E-state index in [1.807, 2.05) is 0 Å². The van der Waals surface area contributed by atoms with Crippen molar-refractivity contribution in [2.75, 3.05) is 5.73 Å². The zero-order valence-corrected chi connectivity index (χ0v) is 7.15. The lowest BCUT2D eigenvalue weighted by atomic mass is 10.2. The minimum atomic E-state index is -4.52. The van der Waals surface area contributed by atoms with Gasteiger partial charge in [-0.3, -0.25) is 0 Å². The second-order valence-corrected chi connectivity index (χ2v) is 2.63. The lowest BCUT2D eigenvalue weighted by Crippen LogP contribution is -2.12. The summed E-state index contributed by atoms with van der Waals surface area (Å²) in [7, 11) is 0. The third-order valence-electron chi connectivity index (χ3n) is 1.49. The first kappa shape index (κ1) is 10.1. The number of hydrogen-bond donors (Lipinski definition) is 1. The summed E-state index contributed by atoms with van der Waals surface area (Å²) in [5, 5.41) is 0. The summed E-state index contributed by atoms with van der Waals surface area (Å²) < 4.78 is 36.5. The zero-order valence-electron chi connectivity index (χ0n) is 6.40. The molecular formula is C7H6ClF3N2. The second kappa shape index (κ2) is 3.41. The molecule has 0 aromatic carbocycles. The first-order chi connectivity index (χ1) is 5.96. The number of halogens is 4. The Labute approximate surface area is 77.5 Å². The quantitative estimate of drug-likeness (QED) is 0.723. The van der Waals surface area contributed by atoms with Gasteiger partial charge in [0, 0.05) is 12.1 Å². The Balaban J connectivity index is 3.24. The van der Waals surface area contributed by atoms with Crippen LogP contribution in [0.2, 0.25) is 0 Å². The van der Waals surface area contributed by atoms with E-state index >= 15 is 0 Å². The van der Waals surface area contributed by atoms with Gasteiger partial charge in [-0.2, -0.15) is 13.2 Å². The molecule has 2 nitrogen and oxygen atoms in total. The monoisotopic (exact) mass is 210 g/mol. The van der Waals surface area contributed by atoms with Gasteiger partial charge in [-0.1, -0.05) is 0 Å². The van der Waals surface area contributed by atoms with Crippen LogP contribution in [0.5, 0.6) is 0 Å². The number of alkyl halides is 4. The van der Waals surface area contributed by atoms with Gasteiger partial charge in [-0.05, 0) is 11.6 Å². The molecule has 72 valence electrons. The molecule has 0 fully saturated rings. The summed E-state index contributed by atoms with van der Waals surface area (Å²) in [4.78, 5) is 3.15. The summed E-state index contributed by atoms with van der Waals surface area (Å²) in [5.41, 5.74) is 3.98. The lowest BCUT2D eigenvalue weighted by molar-refractivity contribution is -0.140. The van der Waals surface area contributed by atoms with Gasteiger partial charge in [0.2, 0.25) is 0 Å². The Morgan fingerprint density at radius 1 is 1.46 bits per heavy atom. The number of nitrogens with zero attached hydrogens (tertiary/aromatic N) is 1. The molecule has 13 heavy (non-hydrogen) atoms. The fourth-order valence-electron chi connectivity index (χ4n) is 0.856. The normalized spacial score (nSPS) is 11.7. The van der Waals surface area contributed by atoms with E-state index in [-0.39, 0.29) is 11.4 Å². The maximum Gasteiger partial charge on any atom is 0.435 e. The standard InChI is InChI=1S/C7H6ClF3N2/c8-3-4-1-2-13-6(5(4)12)7(9,10)11/h1-2H,3,12H2. The molecule has 6 heteroatoms. The number of hydrogen-bond acceptors (Lipinski definition) is 2. The molecule has 2 N–H and O–H groups in total. The highest BCUT2D eigenvalue weighted by Gasteiger charge is 2.35. The molecule has 0 aliphatic carbocycles. The number of anilines is 1. The molecule has 0 saturated heterocycles. The van der Waals surface area contributed by atoms with Crippen molar-refractivity contribution in [1.29, 1.82) is 0 Å². The maximum atomic E-state index is 12.2. The average Bonchev–Trinajstić information content (AvgIpc) is 2.02. The van der Waals surface area contributed by atoms with Crippen LogP contribution in [0.15, 0.2) is 12.3 Å². The van der Waals surface area contributed by atoms with E-state index in [0.29, 0.717) is 0 Å². The van der Waals surface area contributed by atoms with Gasteiger partial charge in [0.15, 0.2) is 5.69 Å². The van der Waals surface area contributed by atoms with E-state index in [1.165, 1.54) is 6.07 Å². The van der Waals surface area contributed by atoms with E-state index in [4.69, 9.17) is 17.3 Å². The Morgan fingerprint density at radius 2 is 2.08 bits per heavy atom. The summed E-state index contributed by atoms with van der Waals surface area (Å²) in [6.45, 7) is 0. The fourth-order valence-corrected chi connectivity index (χ4v) is 1.09. The van der Waals surface area contributed by atoms with Crippen molar-refractivity contribution in [3.63, 3.8) is 0 Å². The number of nitrogens with two attached hydrogens (primary N) is 1. The molecule has 0 aliphatic heterocycles. The third-order valence-corrected chi connectivity index (χ3v) is 1.78. The minimum absolute atomic E-state index is 0.0581. The maximum absolute atomic E-state index is 12.2. The van der Waals surface area contributed by atoms with Crippen molar-refractivity contribution in [2.45, 2.75) is 12.1 Å². The van der Waals surface area contributed by atoms with Gasteiger partial charge < -0.3 is 5.73 Å². The van der Waals surface area contributed by atoms with Crippen LogP contribution in [0, 0.1) is 0 Å². The molecule has 1 heterocycles. The van der Waals surface area contributed by atoms with E-state index in [0.717, 1.165) is 6.20 Å². The van der Waals surface area contributed by atoms with E-state index in [1.54, 1.807) is 0 Å². The van der Waals surface area contributed by atoms with Gasteiger partial charge in [0.05, 0.1) is 5.69 Å². The van der Waals surface area contributed by atoms with Gasteiger partial charge >= 0.3 is 6.18 Å². The van der Waals surface area contributed by atoms with Crippen LogP contribution in [0.4, 0.5) is 18.9 Å². The molecule has 0 spiro atoms. The van der Waals surface area contributed by atoms with E-state index in [2.05, 4.69) is 4.98 Å². The summed E-state index contributed by atoms with van der Waals surface area (Å²) in [5.74, 6) is -0.0581. The minimum Gasteiger partial charge on any atom is -0.397 e. The highest BCUT2D eigenvalue weighted by molar-refractivity contribution is 6.17. The second-order valence-electron chi connectivity index (χ2n) is 2.36. The Morgan fingerprint density at radius 3 is 2.54 bits per heavy atom. The number of pyridine rings is 1. The largest absolute Gasteiger partial charge is 0.435 e. The summed E-state index contributed by atoms with van der Waals surface area (Å²) >= 11 is 5.38. The molecule has 1 aromatic heterocycles. The van der Waals surface area contributed by atoms with Crippen molar-refractivity contribution >= 4 is 17.3 Å². The first-order valence-corrected chi connectivity index (χ1v) is 3.86. The molecule has 0 amide bonds. The molecule has 0 atom stereocenters. The van der Waals surface area contributed by atoms with Crippen molar-refractivity contribution in [2.24, 2.45) is 0 Å². The summed E-state index contributed by atoms with van der Waals surface area (Å²) in [6, 6.07) is 1.36. The van der Waals surface area contributed by atoms with Gasteiger partial charge in [0.25, 0.3) is 0 Å². The predicted molar refractivity (Wildman–Crippen MR) is 43.2 cm³/mol. The fraction of sp³-hybridized carbons (Fsp3) is 0.286. The van der Waals surface area contributed by atoms with E-state index < -0.39 is 17.6 Å². The molecule has 0 radical (unpaired) electrons. The molecule has 0 saturated carbocycles. The topological polar surface area (TPSA) is 38.9 Å². The zero-order chi connectivity index (χ0) is 10.1. The lowest BCUT2D eigenvalue weighted by Gasteiger charge is -2.10. The number of nitrogen functional groups attached to an aromatic ring is 1. The Bertz CT molecular complexity index is 311. The van der Waals surface area contributed by atoms with Crippen LogP contribution in [0.1, 0.15) is 11.3 Å². The molecule has 0 bridgehead atoms. The first-order valence-electron chi connectivity index (χ1n) is 3.33. The highest BCUT2D eigenvalue weighted by atomic mass is 35.5. The van der Waals surface area contributed by atoms with Crippen molar-refractivity contribution in [1.82, 2.24) is 4.98 Å². The van der Waals surface area contributed by atoms with Crippen LogP contribution in [0.3, 0.4) is 0 Å². The number of aromatic nitrogens is 1. The van der Waals surface area contributed by atoms with Crippen molar-refractivity contribution < 1.29 is 13.2 Å². The highest BCUT2D eigenvalue weighted by Crippen LogP contribution is 2.33. The summed E-state index contributed by atoms with van der Waals surface area (Å²) in [6.07, 6.45) is -3.48. The van der Waals surface area contributed by atoms with Crippen LogP contribution >= 0.6 is 11.6 Å². The van der Waals surface area contributed by atoms with Crippen molar-refractivity contribution in [3.8, 4) is 0 Å². The van der Waals surface area contributed by atoms with Gasteiger partial charge in [-0.15, -0.1) is 11.6 Å². The van der Waals surface area contributed by atoms with Crippen LogP contribution in [-0.2, 0) is 12.1 Å². The van der Waals surface area contributed by atoms with Crippen molar-refractivity contribution in [3.05, 3.63) is 23.5 Å². The molecular weight excluding hydrogens is 205 g/mol. The SMILES string of the molecule is Nc1c(CCl)ccnc1C(F)(F)F. The molecule has 1 rings (SSSR count). The van der Waals surface area contributed by atoms with Gasteiger partial charge in [-0.25, -0.2) is 4.98 Å². The Hall–Kier alpha value is -0.970. The smallest absolute Gasteiger partial charge is 0.397 e. The third kappa shape index (κ3) is 2.03. The van der Waals surface area contributed by atoms with Gasteiger partial charge in [0.1, 0.15) is 0 Å². The van der Waals surface area contributed by atoms with Crippen LogP contribution in [-0.4, -0.2) is 4.98 Å².